The van der Waals surface area contributed by atoms with Crippen molar-refractivity contribution in [1.82, 2.24) is 9.97 Å². The number of nitrogens with zero attached hydrogens (tertiary/aromatic N) is 3. The van der Waals surface area contributed by atoms with Gasteiger partial charge in [0.25, 0.3) is 5.91 Å². The van der Waals surface area contributed by atoms with Crippen LogP contribution in [0.25, 0.3) is 10.9 Å². The topological polar surface area (TPSA) is 103 Å². The predicted octanol–water partition coefficient (Wildman–Crippen LogP) is 6.24. The lowest BCUT2D eigenvalue weighted by Crippen LogP contribution is -2.12. The summed E-state index contributed by atoms with van der Waals surface area (Å²) < 4.78 is 0. The molecule has 0 bridgehead atoms. The second-order valence-corrected chi connectivity index (χ2v) is 7.77. The maximum atomic E-state index is 13.0. The van der Waals surface area contributed by atoms with E-state index in [2.05, 4.69) is 32.0 Å². The van der Waals surface area contributed by atoms with E-state index in [0.29, 0.717) is 16.8 Å². The summed E-state index contributed by atoms with van der Waals surface area (Å²) in [5.41, 5.74) is 5.67. The molecule has 0 atom stereocenters. The van der Waals surface area contributed by atoms with Gasteiger partial charge < -0.3 is 16.0 Å². The van der Waals surface area contributed by atoms with Gasteiger partial charge in [0.1, 0.15) is 0 Å². The summed E-state index contributed by atoms with van der Waals surface area (Å²) in [5.74, 6) is -0.230. The van der Waals surface area contributed by atoms with Crippen LogP contribution in [0.1, 0.15) is 15.9 Å². The van der Waals surface area contributed by atoms with E-state index in [9.17, 15) is 10.1 Å². The van der Waals surface area contributed by atoms with E-state index in [1.807, 2.05) is 66.7 Å². The molecule has 35 heavy (non-hydrogen) atoms. The van der Waals surface area contributed by atoms with Crippen LogP contribution in [-0.2, 0) is 0 Å². The zero-order valence-electron chi connectivity index (χ0n) is 18.6. The molecule has 0 saturated heterocycles. The molecular formula is C28H20N6O. The zero-order chi connectivity index (χ0) is 24.0. The predicted molar refractivity (Wildman–Crippen MR) is 138 cm³/mol. The Morgan fingerprint density at radius 1 is 0.743 bits per heavy atom. The molecule has 3 N–H and O–H groups in total. The first kappa shape index (κ1) is 21.6. The number of amides is 1. The number of rotatable bonds is 6. The summed E-state index contributed by atoms with van der Waals surface area (Å²) in [5, 5.41) is 19.8. The first-order valence-electron chi connectivity index (χ1n) is 10.9. The van der Waals surface area contributed by atoms with Gasteiger partial charge in [0, 0.05) is 52.3 Å². The van der Waals surface area contributed by atoms with Gasteiger partial charge in [-0.1, -0.05) is 18.2 Å². The molecular weight excluding hydrogens is 436 g/mol. The second kappa shape index (κ2) is 9.73. The molecule has 2 aromatic heterocycles. The fraction of sp³-hybridized carbons (Fsp3) is 0. The van der Waals surface area contributed by atoms with E-state index in [1.165, 1.54) is 0 Å². The summed E-state index contributed by atoms with van der Waals surface area (Å²) in [4.78, 5) is 21.4. The average Bonchev–Trinajstić information content (AvgIpc) is 2.89. The van der Waals surface area contributed by atoms with E-state index in [0.717, 1.165) is 33.7 Å². The number of carbonyl (C=O) groups is 1. The molecule has 3 aromatic carbocycles. The smallest absolute Gasteiger partial charge is 0.255 e. The van der Waals surface area contributed by atoms with Crippen LogP contribution in [0, 0.1) is 11.3 Å². The molecule has 0 radical (unpaired) electrons. The molecule has 1 amide bonds. The maximum Gasteiger partial charge on any atom is 0.255 e. The zero-order valence-corrected chi connectivity index (χ0v) is 18.6. The quantitative estimate of drug-likeness (QED) is 0.279. The molecule has 0 aliphatic carbocycles. The summed E-state index contributed by atoms with van der Waals surface area (Å²) in [6, 6.07) is 27.9. The molecule has 5 aromatic rings. The van der Waals surface area contributed by atoms with E-state index in [-0.39, 0.29) is 5.91 Å². The summed E-state index contributed by atoms with van der Waals surface area (Å²) in [6.07, 6.45) is 5.12. The van der Waals surface area contributed by atoms with E-state index in [4.69, 9.17) is 0 Å². The van der Waals surface area contributed by atoms with Crippen molar-refractivity contribution in [3.05, 3.63) is 115 Å². The lowest BCUT2D eigenvalue weighted by molar-refractivity contribution is 0.102. The van der Waals surface area contributed by atoms with Crippen LogP contribution in [0.2, 0.25) is 0 Å². The van der Waals surface area contributed by atoms with Crippen LogP contribution in [0.3, 0.4) is 0 Å². The fourth-order valence-electron chi connectivity index (χ4n) is 3.78. The van der Waals surface area contributed by atoms with Crippen molar-refractivity contribution in [1.29, 1.82) is 5.26 Å². The summed E-state index contributed by atoms with van der Waals surface area (Å²) in [7, 11) is 0. The highest BCUT2D eigenvalue weighted by atomic mass is 16.1. The number of nitrogens with one attached hydrogen (secondary N) is 3. The SMILES string of the molecule is N#Cc1cccc2nccc(Nc3cccc(C(=O)Nc4cccc(Nc5ccncc5)c4)c3)c12. The van der Waals surface area contributed by atoms with Crippen LogP contribution in [-0.4, -0.2) is 15.9 Å². The van der Waals surface area contributed by atoms with E-state index >= 15 is 0 Å². The molecule has 5 rings (SSSR count). The van der Waals surface area contributed by atoms with Crippen molar-refractivity contribution in [2.24, 2.45) is 0 Å². The Hall–Kier alpha value is -5.22. The average molecular weight is 457 g/mol. The van der Waals surface area contributed by atoms with Crippen LogP contribution in [0.5, 0.6) is 0 Å². The van der Waals surface area contributed by atoms with E-state index < -0.39 is 0 Å². The lowest BCUT2D eigenvalue weighted by atomic mass is 10.1. The number of carbonyl (C=O) groups excluding carboxylic acids is 1. The minimum Gasteiger partial charge on any atom is -0.355 e. The molecule has 0 spiro atoms. The van der Waals surface area contributed by atoms with Crippen LogP contribution < -0.4 is 16.0 Å². The third-order valence-corrected chi connectivity index (χ3v) is 5.38. The highest BCUT2D eigenvalue weighted by molar-refractivity contribution is 6.05. The number of anilines is 5. The van der Waals surface area contributed by atoms with Gasteiger partial charge in [0.2, 0.25) is 0 Å². The fourth-order valence-corrected chi connectivity index (χ4v) is 3.78. The minimum absolute atomic E-state index is 0.230. The van der Waals surface area contributed by atoms with Gasteiger partial charge in [-0.25, -0.2) is 0 Å². The number of nitriles is 1. The molecule has 0 unspecified atom stereocenters. The highest BCUT2D eigenvalue weighted by Crippen LogP contribution is 2.28. The minimum atomic E-state index is -0.230. The van der Waals surface area contributed by atoms with Gasteiger partial charge in [-0.2, -0.15) is 5.26 Å². The van der Waals surface area contributed by atoms with Crippen molar-refractivity contribution < 1.29 is 4.79 Å². The molecule has 7 nitrogen and oxygen atoms in total. The largest absolute Gasteiger partial charge is 0.355 e. The highest BCUT2D eigenvalue weighted by Gasteiger charge is 2.10. The second-order valence-electron chi connectivity index (χ2n) is 7.77. The molecule has 168 valence electrons. The summed E-state index contributed by atoms with van der Waals surface area (Å²) in [6.45, 7) is 0. The number of pyridine rings is 2. The Balaban J connectivity index is 1.35. The standard InChI is InChI=1S/C28H20N6O/c29-18-20-5-2-9-25-27(20)26(12-15-31-25)33-22-6-1-4-19(16-22)28(35)34-24-8-3-7-23(17-24)32-21-10-13-30-14-11-21/h1-17H,(H,30,32)(H,31,33)(H,34,35). The first-order chi connectivity index (χ1) is 17.2. The maximum absolute atomic E-state index is 13.0. The number of benzene rings is 3. The van der Waals surface area contributed by atoms with Crippen LogP contribution in [0.15, 0.2) is 104 Å². The number of hydrogen-bond acceptors (Lipinski definition) is 6. The number of aromatic nitrogens is 2. The normalized spacial score (nSPS) is 10.4. The first-order valence-corrected chi connectivity index (χ1v) is 10.9. The van der Waals surface area contributed by atoms with Gasteiger partial charge in [-0.05, 0) is 66.7 Å². The van der Waals surface area contributed by atoms with Crippen molar-refractivity contribution in [2.75, 3.05) is 16.0 Å². The third kappa shape index (κ3) is 4.92. The monoisotopic (exact) mass is 456 g/mol. The Bertz CT molecular complexity index is 1550. The van der Waals surface area contributed by atoms with Crippen molar-refractivity contribution >= 4 is 45.2 Å². The number of fused-ring (bicyclic) bond motifs is 1. The molecule has 0 aliphatic rings. The van der Waals surface area contributed by atoms with Gasteiger partial charge in [-0.3, -0.25) is 14.8 Å². The van der Waals surface area contributed by atoms with Crippen LogP contribution in [0.4, 0.5) is 28.4 Å². The van der Waals surface area contributed by atoms with Crippen molar-refractivity contribution in [3.63, 3.8) is 0 Å². The Morgan fingerprint density at radius 2 is 1.49 bits per heavy atom. The molecule has 0 fully saturated rings. The van der Waals surface area contributed by atoms with Gasteiger partial charge >= 0.3 is 0 Å². The lowest BCUT2D eigenvalue weighted by Gasteiger charge is -2.12. The third-order valence-electron chi connectivity index (χ3n) is 5.38. The molecule has 0 aliphatic heterocycles. The Labute approximate surface area is 202 Å². The Kier molecular flexibility index (Phi) is 6.01. The van der Waals surface area contributed by atoms with Gasteiger partial charge in [0.05, 0.1) is 22.8 Å². The molecule has 7 heteroatoms. The number of hydrogen-bond donors (Lipinski definition) is 3. The Morgan fingerprint density at radius 3 is 2.31 bits per heavy atom. The van der Waals surface area contributed by atoms with Crippen molar-refractivity contribution in [3.8, 4) is 6.07 Å². The van der Waals surface area contributed by atoms with E-state index in [1.54, 1.807) is 36.8 Å². The molecule has 0 saturated carbocycles. The van der Waals surface area contributed by atoms with Gasteiger partial charge in [-0.15, -0.1) is 0 Å². The van der Waals surface area contributed by atoms with Crippen molar-refractivity contribution in [2.45, 2.75) is 0 Å². The van der Waals surface area contributed by atoms with Gasteiger partial charge in [0.15, 0.2) is 0 Å². The molecule has 2 heterocycles. The summed E-state index contributed by atoms with van der Waals surface area (Å²) >= 11 is 0. The van der Waals surface area contributed by atoms with Crippen LogP contribution >= 0.6 is 0 Å².